The Labute approximate surface area is 95.6 Å². The minimum Gasteiger partial charge on any atom is -0.343 e. The van der Waals surface area contributed by atoms with E-state index in [1.807, 2.05) is 44.2 Å². The monoisotopic (exact) mass is 217 g/mol. The molecule has 1 aliphatic rings. The summed E-state index contributed by atoms with van der Waals surface area (Å²) < 4.78 is 11.2. The van der Waals surface area contributed by atoms with Crippen LogP contribution in [0.3, 0.4) is 0 Å². The van der Waals surface area contributed by atoms with Gasteiger partial charge in [0.1, 0.15) is 6.10 Å². The highest BCUT2D eigenvalue weighted by atomic mass is 16.7. The summed E-state index contributed by atoms with van der Waals surface area (Å²) in [7, 11) is 0. The van der Waals surface area contributed by atoms with Gasteiger partial charge in [-0.05, 0) is 19.4 Å². The Morgan fingerprint density at radius 2 is 1.94 bits per heavy atom. The van der Waals surface area contributed by atoms with Crippen LogP contribution in [0.4, 0.5) is 0 Å². The molecule has 2 rings (SSSR count). The Morgan fingerprint density at radius 1 is 1.25 bits per heavy atom. The zero-order valence-corrected chi connectivity index (χ0v) is 9.51. The molecule has 1 aromatic rings. The minimum atomic E-state index is -0.653. The molecule has 0 radical (unpaired) electrons. The Balaban J connectivity index is 2.08. The van der Waals surface area contributed by atoms with E-state index in [1.165, 1.54) is 0 Å². The van der Waals surface area contributed by atoms with E-state index in [-0.39, 0.29) is 6.10 Å². The van der Waals surface area contributed by atoms with Gasteiger partial charge in [0.05, 0.1) is 6.07 Å². The van der Waals surface area contributed by atoms with Crippen molar-refractivity contribution in [2.75, 3.05) is 0 Å². The molecule has 0 aromatic heterocycles. The summed E-state index contributed by atoms with van der Waals surface area (Å²) in [6.45, 7) is 3.67. The number of nitriles is 1. The molecule has 1 saturated heterocycles. The predicted molar refractivity (Wildman–Crippen MR) is 59.6 cm³/mol. The van der Waals surface area contributed by atoms with Crippen molar-refractivity contribution in [1.82, 2.24) is 0 Å². The molecule has 16 heavy (non-hydrogen) atoms. The average Bonchev–Trinajstić information content (AvgIpc) is 2.54. The molecule has 1 heterocycles. The van der Waals surface area contributed by atoms with Gasteiger partial charge in [-0.25, -0.2) is 0 Å². The third-order valence-corrected chi connectivity index (χ3v) is 2.59. The van der Waals surface area contributed by atoms with E-state index in [9.17, 15) is 0 Å². The van der Waals surface area contributed by atoms with Gasteiger partial charge < -0.3 is 9.47 Å². The van der Waals surface area contributed by atoms with Crippen molar-refractivity contribution >= 4 is 0 Å². The van der Waals surface area contributed by atoms with Gasteiger partial charge in [-0.3, -0.25) is 0 Å². The smallest absolute Gasteiger partial charge is 0.173 e. The molecular weight excluding hydrogens is 202 g/mol. The van der Waals surface area contributed by atoms with E-state index in [2.05, 4.69) is 6.07 Å². The van der Waals surface area contributed by atoms with E-state index in [4.69, 9.17) is 14.7 Å². The summed E-state index contributed by atoms with van der Waals surface area (Å²) in [5.74, 6) is -0.653. The number of hydrogen-bond donors (Lipinski definition) is 0. The second-order valence-corrected chi connectivity index (χ2v) is 4.41. The lowest BCUT2D eigenvalue weighted by Crippen LogP contribution is -2.23. The first-order chi connectivity index (χ1) is 7.61. The molecule has 0 aliphatic carbocycles. The van der Waals surface area contributed by atoms with Crippen LogP contribution in [-0.4, -0.2) is 18.0 Å². The summed E-state index contributed by atoms with van der Waals surface area (Å²) in [6.07, 6.45) is 0.0558. The maximum absolute atomic E-state index is 8.99. The zero-order valence-electron chi connectivity index (χ0n) is 9.51. The molecule has 1 fully saturated rings. The Bertz CT molecular complexity index is 394. The lowest BCUT2D eigenvalue weighted by atomic mass is 10.0. The van der Waals surface area contributed by atoms with E-state index >= 15 is 0 Å². The van der Waals surface area contributed by atoms with Crippen molar-refractivity contribution in [2.24, 2.45) is 0 Å². The predicted octanol–water partition coefficient (Wildman–Crippen LogP) is 2.27. The van der Waals surface area contributed by atoms with Gasteiger partial charge in [-0.2, -0.15) is 5.26 Å². The summed E-state index contributed by atoms with van der Waals surface area (Å²) in [6, 6.07) is 12.1. The molecule has 3 heteroatoms. The third-order valence-electron chi connectivity index (χ3n) is 2.59. The van der Waals surface area contributed by atoms with E-state index < -0.39 is 11.9 Å². The Hall–Kier alpha value is -1.37. The molecule has 84 valence electrons. The van der Waals surface area contributed by atoms with Gasteiger partial charge in [0, 0.05) is 6.42 Å². The maximum atomic E-state index is 8.99. The number of ether oxygens (including phenoxy) is 2. The summed E-state index contributed by atoms with van der Waals surface area (Å²) in [5, 5.41) is 8.99. The first kappa shape index (κ1) is 11.1. The van der Waals surface area contributed by atoms with Gasteiger partial charge >= 0.3 is 0 Å². The topological polar surface area (TPSA) is 42.2 Å². The van der Waals surface area contributed by atoms with Gasteiger partial charge in [0.2, 0.25) is 0 Å². The molecule has 1 aliphatic heterocycles. The third kappa shape index (κ3) is 2.41. The van der Waals surface area contributed by atoms with Crippen molar-refractivity contribution in [1.29, 1.82) is 5.26 Å². The minimum absolute atomic E-state index is 0.178. The van der Waals surface area contributed by atoms with E-state index in [1.54, 1.807) is 0 Å². The summed E-state index contributed by atoms with van der Waals surface area (Å²) in [4.78, 5) is 0. The highest BCUT2D eigenvalue weighted by molar-refractivity contribution is 5.17. The standard InChI is InChI=1S/C13H15NO2/c1-13(2)15-11(12(9-14)16-13)8-10-6-4-3-5-7-10/h3-7,11-12H,8H2,1-2H3/t11-,12-/m0/s1. The molecule has 0 bridgehead atoms. The molecule has 3 nitrogen and oxygen atoms in total. The first-order valence-electron chi connectivity index (χ1n) is 5.40. The van der Waals surface area contributed by atoms with Crippen LogP contribution >= 0.6 is 0 Å². The zero-order chi connectivity index (χ0) is 11.6. The van der Waals surface area contributed by atoms with Crippen molar-refractivity contribution in [3.63, 3.8) is 0 Å². The Morgan fingerprint density at radius 3 is 2.56 bits per heavy atom. The molecule has 0 amide bonds. The maximum Gasteiger partial charge on any atom is 0.173 e. The van der Waals surface area contributed by atoms with Crippen molar-refractivity contribution in [2.45, 2.75) is 38.3 Å². The van der Waals surface area contributed by atoms with Crippen LogP contribution in [-0.2, 0) is 15.9 Å². The van der Waals surface area contributed by atoms with Crippen LogP contribution in [0.15, 0.2) is 30.3 Å². The van der Waals surface area contributed by atoms with Crippen LogP contribution < -0.4 is 0 Å². The molecule has 0 spiro atoms. The van der Waals surface area contributed by atoms with Crippen LogP contribution in [0.1, 0.15) is 19.4 Å². The normalized spacial score (nSPS) is 27.6. The van der Waals surface area contributed by atoms with Crippen LogP contribution in [0.2, 0.25) is 0 Å². The Kier molecular flexibility index (Phi) is 2.95. The van der Waals surface area contributed by atoms with Gasteiger partial charge in [-0.15, -0.1) is 0 Å². The van der Waals surface area contributed by atoms with Gasteiger partial charge in [-0.1, -0.05) is 30.3 Å². The lowest BCUT2D eigenvalue weighted by Gasteiger charge is -2.16. The SMILES string of the molecule is CC1(C)O[C@@H](C#N)[C@H](Cc2ccccc2)O1. The second kappa shape index (κ2) is 4.25. The molecule has 0 N–H and O–H groups in total. The van der Waals surface area contributed by atoms with E-state index in [0.717, 1.165) is 5.56 Å². The fourth-order valence-corrected chi connectivity index (χ4v) is 1.94. The number of hydrogen-bond acceptors (Lipinski definition) is 3. The molecule has 2 atom stereocenters. The lowest BCUT2D eigenvalue weighted by molar-refractivity contribution is -0.142. The van der Waals surface area contributed by atoms with Gasteiger partial charge in [0.15, 0.2) is 11.9 Å². The van der Waals surface area contributed by atoms with E-state index in [0.29, 0.717) is 6.42 Å². The number of nitrogens with zero attached hydrogens (tertiary/aromatic N) is 1. The molecule has 0 unspecified atom stereocenters. The highest BCUT2D eigenvalue weighted by Gasteiger charge is 2.41. The quantitative estimate of drug-likeness (QED) is 0.763. The van der Waals surface area contributed by atoms with Crippen LogP contribution in [0.25, 0.3) is 0 Å². The van der Waals surface area contributed by atoms with Crippen LogP contribution in [0, 0.1) is 11.3 Å². The van der Waals surface area contributed by atoms with Crippen LogP contribution in [0.5, 0.6) is 0 Å². The van der Waals surface area contributed by atoms with Crippen molar-refractivity contribution in [3.8, 4) is 6.07 Å². The average molecular weight is 217 g/mol. The van der Waals surface area contributed by atoms with Crippen molar-refractivity contribution in [3.05, 3.63) is 35.9 Å². The van der Waals surface area contributed by atoms with Gasteiger partial charge in [0.25, 0.3) is 0 Å². The fraction of sp³-hybridized carbons (Fsp3) is 0.462. The summed E-state index contributed by atoms with van der Waals surface area (Å²) >= 11 is 0. The summed E-state index contributed by atoms with van der Waals surface area (Å²) in [5.41, 5.74) is 1.16. The second-order valence-electron chi connectivity index (χ2n) is 4.41. The number of rotatable bonds is 2. The van der Waals surface area contributed by atoms with Crippen molar-refractivity contribution < 1.29 is 9.47 Å². The first-order valence-corrected chi connectivity index (χ1v) is 5.40. The molecular formula is C13H15NO2. The highest BCUT2D eigenvalue weighted by Crippen LogP contribution is 2.29. The fourth-order valence-electron chi connectivity index (χ4n) is 1.94. The largest absolute Gasteiger partial charge is 0.343 e. The molecule has 1 aromatic carbocycles. The molecule has 0 saturated carbocycles. The number of benzene rings is 1.